The number of carboxylic acid groups (broad SMARTS) is 1. The molecule has 0 heterocycles. The second-order valence-electron chi connectivity index (χ2n) is 3.64. The SMILES string of the molecule is O=C([O-])c1ccccc1Sc1ccccc1N(O)O. The van der Waals surface area contributed by atoms with Crippen LogP contribution in [0.5, 0.6) is 0 Å². The van der Waals surface area contributed by atoms with E-state index in [1.807, 2.05) is 0 Å². The third-order valence-electron chi connectivity index (χ3n) is 2.41. The highest BCUT2D eigenvalue weighted by Crippen LogP contribution is 2.35. The summed E-state index contributed by atoms with van der Waals surface area (Å²) in [6.07, 6.45) is 0. The van der Waals surface area contributed by atoms with Crippen molar-refractivity contribution in [3.8, 4) is 0 Å². The average Bonchev–Trinajstić information content (AvgIpc) is 2.39. The Morgan fingerprint density at radius 2 is 1.58 bits per heavy atom. The van der Waals surface area contributed by atoms with Gasteiger partial charge in [-0.2, -0.15) is 0 Å². The third-order valence-corrected chi connectivity index (χ3v) is 3.55. The molecule has 0 aliphatic rings. The average molecular weight is 276 g/mol. The second kappa shape index (κ2) is 5.75. The van der Waals surface area contributed by atoms with Gasteiger partial charge < -0.3 is 9.90 Å². The first-order valence-corrected chi connectivity index (χ1v) is 6.16. The molecule has 6 heteroatoms. The first kappa shape index (κ1) is 13.4. The lowest BCUT2D eigenvalue weighted by Crippen LogP contribution is -2.22. The molecule has 0 saturated heterocycles. The quantitative estimate of drug-likeness (QED) is 0.828. The summed E-state index contributed by atoms with van der Waals surface area (Å²) in [5.41, 5.74) is 0.227. The Hall–Kier alpha value is -2.02. The van der Waals surface area contributed by atoms with Crippen LogP contribution in [0.2, 0.25) is 0 Å². The molecule has 0 bridgehead atoms. The lowest BCUT2D eigenvalue weighted by Gasteiger charge is -2.14. The van der Waals surface area contributed by atoms with E-state index in [4.69, 9.17) is 10.4 Å². The number of rotatable bonds is 4. The summed E-state index contributed by atoms with van der Waals surface area (Å²) in [7, 11) is 0. The molecule has 5 nitrogen and oxygen atoms in total. The van der Waals surface area contributed by atoms with Gasteiger partial charge in [0.1, 0.15) is 5.69 Å². The Balaban J connectivity index is 2.39. The van der Waals surface area contributed by atoms with Crippen LogP contribution >= 0.6 is 11.8 Å². The van der Waals surface area contributed by atoms with Crippen molar-refractivity contribution >= 4 is 23.4 Å². The van der Waals surface area contributed by atoms with Gasteiger partial charge in [-0.05, 0) is 18.2 Å². The number of para-hydroxylation sites is 1. The second-order valence-corrected chi connectivity index (χ2v) is 4.73. The Morgan fingerprint density at radius 1 is 1.00 bits per heavy atom. The lowest BCUT2D eigenvalue weighted by molar-refractivity contribution is -0.255. The van der Waals surface area contributed by atoms with E-state index in [1.54, 1.807) is 36.4 Å². The van der Waals surface area contributed by atoms with Crippen molar-refractivity contribution in [2.75, 3.05) is 5.23 Å². The summed E-state index contributed by atoms with van der Waals surface area (Å²) < 4.78 is 0. The van der Waals surface area contributed by atoms with Crippen molar-refractivity contribution in [2.45, 2.75) is 9.79 Å². The predicted octanol–water partition coefficient (Wildman–Crippen LogP) is 1.79. The van der Waals surface area contributed by atoms with Crippen LogP contribution in [0, 0.1) is 0 Å². The molecule has 0 radical (unpaired) electrons. The van der Waals surface area contributed by atoms with Gasteiger partial charge in [0, 0.05) is 15.4 Å². The number of benzene rings is 2. The summed E-state index contributed by atoms with van der Waals surface area (Å²) in [5, 5.41) is 29.2. The zero-order chi connectivity index (χ0) is 13.8. The number of nitrogens with zero attached hydrogens (tertiary/aromatic N) is 1. The van der Waals surface area contributed by atoms with Crippen LogP contribution in [-0.4, -0.2) is 16.4 Å². The maximum Gasteiger partial charge on any atom is 0.108 e. The molecule has 0 atom stereocenters. The van der Waals surface area contributed by atoms with Crippen molar-refractivity contribution < 1.29 is 20.3 Å². The minimum Gasteiger partial charge on any atom is -0.545 e. The Bertz CT molecular complexity index is 601. The van der Waals surface area contributed by atoms with Gasteiger partial charge in [-0.3, -0.25) is 10.4 Å². The van der Waals surface area contributed by atoms with Crippen LogP contribution in [0.15, 0.2) is 58.3 Å². The van der Waals surface area contributed by atoms with Crippen LogP contribution in [0.3, 0.4) is 0 Å². The molecule has 0 aliphatic carbocycles. The van der Waals surface area contributed by atoms with Crippen molar-refractivity contribution in [1.82, 2.24) is 0 Å². The van der Waals surface area contributed by atoms with E-state index in [2.05, 4.69) is 0 Å². The molecule has 2 N–H and O–H groups in total. The van der Waals surface area contributed by atoms with Gasteiger partial charge in [0.25, 0.3) is 0 Å². The number of aromatic carboxylic acids is 1. The fourth-order valence-electron chi connectivity index (χ4n) is 1.55. The van der Waals surface area contributed by atoms with Gasteiger partial charge in [-0.1, -0.05) is 42.1 Å². The molecular weight excluding hydrogens is 266 g/mol. The normalized spacial score (nSPS) is 10.2. The highest BCUT2D eigenvalue weighted by molar-refractivity contribution is 7.99. The fourth-order valence-corrected chi connectivity index (χ4v) is 2.60. The standard InChI is InChI=1S/C13H11NO4S/c15-13(16)9-5-1-3-7-11(9)19-12-8-4-2-6-10(12)14(17)18/h1-8,17-18H,(H,15,16)/p-1. The summed E-state index contributed by atoms with van der Waals surface area (Å²) in [6.45, 7) is 0. The highest BCUT2D eigenvalue weighted by Gasteiger charge is 2.10. The molecule has 0 amide bonds. The van der Waals surface area contributed by atoms with Gasteiger partial charge in [-0.25, -0.2) is 0 Å². The van der Waals surface area contributed by atoms with Gasteiger partial charge in [0.05, 0.1) is 5.97 Å². The van der Waals surface area contributed by atoms with Crippen molar-refractivity contribution in [3.05, 3.63) is 54.1 Å². The molecule has 0 aliphatic heterocycles. The number of carbonyl (C=O) groups excluding carboxylic acids is 1. The molecule has 0 unspecified atom stereocenters. The van der Waals surface area contributed by atoms with E-state index in [-0.39, 0.29) is 16.5 Å². The van der Waals surface area contributed by atoms with Gasteiger partial charge in [-0.15, -0.1) is 5.23 Å². The molecule has 2 aromatic carbocycles. The fraction of sp³-hybridized carbons (Fsp3) is 0. The first-order valence-electron chi connectivity index (χ1n) is 5.34. The van der Waals surface area contributed by atoms with Gasteiger partial charge in [0.2, 0.25) is 0 Å². The summed E-state index contributed by atoms with van der Waals surface area (Å²) in [5.74, 6) is -1.27. The molecule has 2 rings (SSSR count). The summed E-state index contributed by atoms with van der Waals surface area (Å²) >= 11 is 1.11. The van der Waals surface area contributed by atoms with E-state index in [1.165, 1.54) is 12.1 Å². The molecule has 0 fully saturated rings. The summed E-state index contributed by atoms with van der Waals surface area (Å²) in [6, 6.07) is 12.9. The largest absolute Gasteiger partial charge is 0.545 e. The molecule has 98 valence electrons. The Morgan fingerprint density at radius 3 is 2.21 bits per heavy atom. The number of carbonyl (C=O) groups is 1. The summed E-state index contributed by atoms with van der Waals surface area (Å²) in [4.78, 5) is 12.0. The van der Waals surface area contributed by atoms with E-state index in [0.717, 1.165) is 11.8 Å². The molecule has 19 heavy (non-hydrogen) atoms. The smallest absolute Gasteiger partial charge is 0.108 e. The zero-order valence-electron chi connectivity index (χ0n) is 9.69. The maximum absolute atomic E-state index is 11.0. The molecule has 0 aromatic heterocycles. The Kier molecular flexibility index (Phi) is 4.06. The van der Waals surface area contributed by atoms with Crippen molar-refractivity contribution in [1.29, 1.82) is 0 Å². The van der Waals surface area contributed by atoms with Crippen LogP contribution in [0.4, 0.5) is 5.69 Å². The van der Waals surface area contributed by atoms with Gasteiger partial charge >= 0.3 is 0 Å². The third kappa shape index (κ3) is 3.05. The van der Waals surface area contributed by atoms with E-state index < -0.39 is 5.97 Å². The zero-order valence-corrected chi connectivity index (χ0v) is 10.5. The minimum absolute atomic E-state index is 0.00393. The highest BCUT2D eigenvalue weighted by atomic mass is 32.2. The van der Waals surface area contributed by atoms with Crippen molar-refractivity contribution in [2.24, 2.45) is 0 Å². The Labute approximate surface area is 113 Å². The number of hydrogen-bond acceptors (Lipinski definition) is 6. The number of hydrogen-bond donors (Lipinski definition) is 2. The van der Waals surface area contributed by atoms with E-state index >= 15 is 0 Å². The number of anilines is 1. The lowest BCUT2D eigenvalue weighted by atomic mass is 10.2. The molecule has 0 saturated carbocycles. The van der Waals surface area contributed by atoms with Crippen LogP contribution in [-0.2, 0) is 0 Å². The first-order chi connectivity index (χ1) is 9.09. The molecule has 0 spiro atoms. The van der Waals surface area contributed by atoms with E-state index in [9.17, 15) is 9.90 Å². The monoisotopic (exact) mass is 276 g/mol. The van der Waals surface area contributed by atoms with Crippen LogP contribution in [0.1, 0.15) is 10.4 Å². The topological polar surface area (TPSA) is 83.8 Å². The van der Waals surface area contributed by atoms with E-state index in [0.29, 0.717) is 9.79 Å². The predicted molar refractivity (Wildman–Crippen MR) is 67.4 cm³/mol. The van der Waals surface area contributed by atoms with Crippen molar-refractivity contribution in [3.63, 3.8) is 0 Å². The molecule has 2 aromatic rings. The maximum atomic E-state index is 11.0. The van der Waals surface area contributed by atoms with Crippen LogP contribution in [0.25, 0.3) is 0 Å². The minimum atomic E-state index is -1.27. The number of carboxylic acids is 1. The van der Waals surface area contributed by atoms with Crippen LogP contribution < -0.4 is 10.3 Å². The van der Waals surface area contributed by atoms with Gasteiger partial charge in [0.15, 0.2) is 0 Å². The molecular formula is C13H10NO4S-.